The second-order valence-electron chi connectivity index (χ2n) is 3.51. The van der Waals surface area contributed by atoms with Crippen molar-refractivity contribution in [2.75, 3.05) is 13.2 Å². The molecule has 98 valence electrons. The number of benzene rings is 1. The van der Waals surface area contributed by atoms with Gasteiger partial charge in [0.05, 0.1) is 4.92 Å². The fourth-order valence-corrected chi connectivity index (χ4v) is 1.45. The van der Waals surface area contributed by atoms with E-state index in [2.05, 4.69) is 5.32 Å². The Morgan fingerprint density at radius 2 is 2.33 bits per heavy atom. The standard InChI is InChI=1S/C12H15ClN2O3/c1-2-14-9-10-4-5-12(18-7-3-6-13)11(8-10)15(16)17/h3-6,8,14H,2,7,9H2,1H3/b6-3+. The van der Waals surface area contributed by atoms with Gasteiger partial charge in [0, 0.05) is 18.1 Å². The van der Waals surface area contributed by atoms with E-state index in [1.807, 2.05) is 6.92 Å². The molecule has 0 saturated heterocycles. The monoisotopic (exact) mass is 270 g/mol. The van der Waals surface area contributed by atoms with E-state index in [1.54, 1.807) is 18.2 Å². The number of nitro benzene ring substituents is 1. The highest BCUT2D eigenvalue weighted by Gasteiger charge is 2.15. The molecular formula is C12H15ClN2O3. The van der Waals surface area contributed by atoms with E-state index in [0.29, 0.717) is 6.54 Å². The van der Waals surface area contributed by atoms with E-state index in [4.69, 9.17) is 16.3 Å². The number of hydrogen-bond acceptors (Lipinski definition) is 4. The lowest BCUT2D eigenvalue weighted by Gasteiger charge is -2.07. The van der Waals surface area contributed by atoms with Crippen LogP contribution in [0.25, 0.3) is 0 Å². The minimum Gasteiger partial charge on any atom is -0.483 e. The topological polar surface area (TPSA) is 64.4 Å². The van der Waals surface area contributed by atoms with E-state index in [0.717, 1.165) is 12.1 Å². The number of nitrogens with one attached hydrogen (secondary N) is 1. The van der Waals surface area contributed by atoms with Crippen LogP contribution in [0, 0.1) is 10.1 Å². The summed E-state index contributed by atoms with van der Waals surface area (Å²) in [5.41, 5.74) is 2.13. The van der Waals surface area contributed by atoms with Crippen LogP contribution in [-0.2, 0) is 6.54 Å². The molecule has 0 heterocycles. The zero-order valence-corrected chi connectivity index (χ0v) is 10.8. The van der Waals surface area contributed by atoms with Crippen molar-refractivity contribution in [3.8, 4) is 5.75 Å². The predicted octanol–water partition coefficient (Wildman–Crippen LogP) is 2.84. The Morgan fingerprint density at radius 3 is 2.94 bits per heavy atom. The van der Waals surface area contributed by atoms with Crippen LogP contribution < -0.4 is 10.1 Å². The first kappa shape index (κ1) is 14.5. The van der Waals surface area contributed by atoms with Crippen molar-refractivity contribution < 1.29 is 9.66 Å². The van der Waals surface area contributed by atoms with Crippen LogP contribution in [0.1, 0.15) is 12.5 Å². The van der Waals surface area contributed by atoms with E-state index in [9.17, 15) is 10.1 Å². The van der Waals surface area contributed by atoms with Crippen LogP contribution in [0.2, 0.25) is 0 Å². The zero-order chi connectivity index (χ0) is 13.4. The summed E-state index contributed by atoms with van der Waals surface area (Å²) in [6.07, 6.45) is 1.57. The third-order valence-electron chi connectivity index (χ3n) is 2.22. The lowest BCUT2D eigenvalue weighted by Crippen LogP contribution is -2.12. The van der Waals surface area contributed by atoms with Gasteiger partial charge in [-0.15, -0.1) is 0 Å². The largest absolute Gasteiger partial charge is 0.483 e. The van der Waals surface area contributed by atoms with Crippen LogP contribution in [0.4, 0.5) is 5.69 Å². The van der Waals surface area contributed by atoms with Gasteiger partial charge < -0.3 is 10.1 Å². The summed E-state index contributed by atoms with van der Waals surface area (Å²) >= 11 is 5.35. The Kier molecular flexibility index (Phi) is 6.18. The molecule has 0 amide bonds. The maximum absolute atomic E-state index is 10.9. The zero-order valence-electron chi connectivity index (χ0n) is 10.1. The molecule has 1 aromatic rings. The molecule has 0 aliphatic rings. The Balaban J connectivity index is 2.86. The van der Waals surface area contributed by atoms with Gasteiger partial charge in [-0.1, -0.05) is 24.6 Å². The maximum atomic E-state index is 10.9. The normalized spacial score (nSPS) is 10.8. The minimum absolute atomic E-state index is 0.0339. The van der Waals surface area contributed by atoms with Crippen molar-refractivity contribution in [3.05, 3.63) is 45.5 Å². The van der Waals surface area contributed by atoms with Crippen molar-refractivity contribution in [1.29, 1.82) is 0 Å². The lowest BCUT2D eigenvalue weighted by atomic mass is 10.2. The summed E-state index contributed by atoms with van der Waals surface area (Å²) in [6, 6.07) is 4.92. The first-order valence-corrected chi connectivity index (χ1v) is 5.98. The van der Waals surface area contributed by atoms with Gasteiger partial charge in [-0.05, 0) is 24.3 Å². The molecule has 1 rings (SSSR count). The molecular weight excluding hydrogens is 256 g/mol. The first-order valence-electron chi connectivity index (χ1n) is 5.55. The molecule has 0 saturated carbocycles. The van der Waals surface area contributed by atoms with Crippen LogP contribution in [0.3, 0.4) is 0 Å². The number of ether oxygens (including phenoxy) is 1. The van der Waals surface area contributed by atoms with Gasteiger partial charge in [-0.2, -0.15) is 0 Å². The number of nitrogens with zero attached hydrogens (tertiary/aromatic N) is 1. The van der Waals surface area contributed by atoms with E-state index in [-0.39, 0.29) is 18.0 Å². The van der Waals surface area contributed by atoms with Gasteiger partial charge in [0.1, 0.15) is 6.61 Å². The molecule has 6 heteroatoms. The summed E-state index contributed by atoms with van der Waals surface area (Å²) < 4.78 is 5.26. The fourth-order valence-electron chi connectivity index (χ4n) is 1.38. The highest BCUT2D eigenvalue weighted by Crippen LogP contribution is 2.27. The van der Waals surface area contributed by atoms with Crippen LogP contribution in [0.15, 0.2) is 29.8 Å². The molecule has 0 spiro atoms. The maximum Gasteiger partial charge on any atom is 0.311 e. The summed E-state index contributed by atoms with van der Waals surface area (Å²) in [5.74, 6) is 0.245. The second kappa shape index (κ2) is 7.68. The minimum atomic E-state index is -0.449. The summed E-state index contributed by atoms with van der Waals surface area (Å²) in [6.45, 7) is 3.59. The van der Waals surface area contributed by atoms with Gasteiger partial charge in [0.25, 0.3) is 0 Å². The van der Waals surface area contributed by atoms with Gasteiger partial charge in [0.15, 0.2) is 5.75 Å². The number of nitro groups is 1. The van der Waals surface area contributed by atoms with Gasteiger partial charge in [0.2, 0.25) is 0 Å². The molecule has 0 bridgehead atoms. The number of rotatable bonds is 7. The van der Waals surface area contributed by atoms with Crippen molar-refractivity contribution in [1.82, 2.24) is 5.32 Å². The molecule has 0 radical (unpaired) electrons. The molecule has 0 fully saturated rings. The average Bonchev–Trinajstić information content (AvgIpc) is 2.37. The molecule has 0 unspecified atom stereocenters. The van der Waals surface area contributed by atoms with Crippen molar-refractivity contribution in [2.24, 2.45) is 0 Å². The van der Waals surface area contributed by atoms with Crippen LogP contribution in [0.5, 0.6) is 5.75 Å². The number of hydrogen-bond donors (Lipinski definition) is 1. The Hall–Kier alpha value is -1.59. The molecule has 0 aromatic heterocycles. The molecule has 5 nitrogen and oxygen atoms in total. The Bertz CT molecular complexity index is 435. The van der Waals surface area contributed by atoms with Crippen molar-refractivity contribution >= 4 is 17.3 Å². The summed E-state index contributed by atoms with van der Waals surface area (Å²) in [7, 11) is 0. The molecule has 18 heavy (non-hydrogen) atoms. The second-order valence-corrected chi connectivity index (χ2v) is 3.76. The SMILES string of the molecule is CCNCc1ccc(OC/C=C/Cl)c([N+](=O)[O-])c1. The Morgan fingerprint density at radius 1 is 1.56 bits per heavy atom. The summed E-state index contributed by atoms with van der Waals surface area (Å²) in [5, 5.41) is 14.1. The molecule has 1 N–H and O–H groups in total. The van der Waals surface area contributed by atoms with Gasteiger partial charge in [-0.25, -0.2) is 0 Å². The van der Waals surface area contributed by atoms with Gasteiger partial charge in [-0.3, -0.25) is 10.1 Å². The van der Waals surface area contributed by atoms with E-state index >= 15 is 0 Å². The van der Waals surface area contributed by atoms with Gasteiger partial charge >= 0.3 is 5.69 Å². The average molecular weight is 271 g/mol. The third-order valence-corrected chi connectivity index (χ3v) is 2.40. The van der Waals surface area contributed by atoms with Crippen molar-refractivity contribution in [2.45, 2.75) is 13.5 Å². The fraction of sp³-hybridized carbons (Fsp3) is 0.333. The Labute approximate surface area is 111 Å². The first-order chi connectivity index (χ1) is 8.69. The highest BCUT2D eigenvalue weighted by atomic mass is 35.5. The highest BCUT2D eigenvalue weighted by molar-refractivity contribution is 6.25. The molecule has 0 aliphatic carbocycles. The quantitative estimate of drug-likeness (QED) is 0.611. The predicted molar refractivity (Wildman–Crippen MR) is 71.0 cm³/mol. The molecule has 0 aliphatic heterocycles. The third kappa shape index (κ3) is 4.35. The van der Waals surface area contributed by atoms with E-state index in [1.165, 1.54) is 11.6 Å². The van der Waals surface area contributed by atoms with E-state index < -0.39 is 4.92 Å². The lowest BCUT2D eigenvalue weighted by molar-refractivity contribution is -0.385. The van der Waals surface area contributed by atoms with Crippen LogP contribution >= 0.6 is 11.6 Å². The molecule has 0 atom stereocenters. The van der Waals surface area contributed by atoms with Crippen LogP contribution in [-0.4, -0.2) is 18.1 Å². The summed E-state index contributed by atoms with van der Waals surface area (Å²) in [4.78, 5) is 10.5. The smallest absolute Gasteiger partial charge is 0.311 e. The van der Waals surface area contributed by atoms with Crippen molar-refractivity contribution in [3.63, 3.8) is 0 Å². The molecule has 1 aromatic carbocycles. The number of halogens is 1.